The van der Waals surface area contributed by atoms with Crippen LogP contribution in [0.25, 0.3) is 0 Å². The number of hydrogen-bond acceptors (Lipinski definition) is 3. The summed E-state index contributed by atoms with van der Waals surface area (Å²) in [6.45, 7) is 2.41. The number of sulfonamides is 1. The van der Waals surface area contributed by atoms with E-state index >= 15 is 0 Å². The molecule has 2 rings (SSSR count). The van der Waals surface area contributed by atoms with Gasteiger partial charge in [0, 0.05) is 19.1 Å². The van der Waals surface area contributed by atoms with Crippen molar-refractivity contribution in [3.63, 3.8) is 0 Å². The van der Waals surface area contributed by atoms with Crippen LogP contribution in [0.5, 0.6) is 0 Å². The van der Waals surface area contributed by atoms with Crippen molar-refractivity contribution in [2.24, 2.45) is 5.73 Å². The quantitative estimate of drug-likeness (QED) is 0.900. The summed E-state index contributed by atoms with van der Waals surface area (Å²) in [5, 5.41) is 0. The van der Waals surface area contributed by atoms with Gasteiger partial charge < -0.3 is 5.73 Å². The van der Waals surface area contributed by atoms with Crippen molar-refractivity contribution in [1.82, 2.24) is 4.31 Å². The molecule has 1 aliphatic heterocycles. The number of aryl methyl sites for hydroxylation is 1. The Morgan fingerprint density at radius 1 is 1.50 bits per heavy atom. The van der Waals surface area contributed by atoms with Crippen LogP contribution in [0.1, 0.15) is 18.4 Å². The molecule has 4 nitrogen and oxygen atoms in total. The number of rotatable bonds is 3. The fourth-order valence-electron chi connectivity index (χ4n) is 2.30. The molecule has 1 atom stereocenters. The first kappa shape index (κ1) is 13.5. The van der Waals surface area contributed by atoms with Crippen LogP contribution in [0.3, 0.4) is 0 Å². The van der Waals surface area contributed by atoms with Gasteiger partial charge in [-0.05, 0) is 37.5 Å². The summed E-state index contributed by atoms with van der Waals surface area (Å²) in [5.74, 6) is -0.697. The van der Waals surface area contributed by atoms with E-state index in [1.54, 1.807) is 13.0 Å². The standard InChI is InChI=1S/C12H17FN2O2S/c1-9-4-5-12(11(13)7-9)18(16,17)15-6-2-3-10(15)8-14/h4-5,7,10H,2-3,6,8,14H2,1H3/t10-/m0/s1. The van der Waals surface area contributed by atoms with Gasteiger partial charge in [0.25, 0.3) is 0 Å². The van der Waals surface area contributed by atoms with Crippen LogP contribution in [0.4, 0.5) is 4.39 Å². The molecule has 0 bridgehead atoms. The molecule has 1 aromatic carbocycles. The molecular weight excluding hydrogens is 255 g/mol. The Labute approximate surface area is 107 Å². The highest BCUT2D eigenvalue weighted by molar-refractivity contribution is 7.89. The van der Waals surface area contributed by atoms with E-state index in [1.165, 1.54) is 16.4 Å². The molecule has 0 radical (unpaired) electrons. The second kappa shape index (κ2) is 4.95. The lowest BCUT2D eigenvalue weighted by molar-refractivity contribution is 0.390. The van der Waals surface area contributed by atoms with Gasteiger partial charge in [-0.15, -0.1) is 0 Å². The minimum atomic E-state index is -3.77. The van der Waals surface area contributed by atoms with Crippen molar-refractivity contribution in [2.45, 2.75) is 30.7 Å². The molecule has 1 heterocycles. The SMILES string of the molecule is Cc1ccc(S(=O)(=O)N2CCC[C@H]2CN)c(F)c1. The first-order valence-corrected chi connectivity index (χ1v) is 7.39. The second-order valence-electron chi connectivity index (χ2n) is 4.58. The van der Waals surface area contributed by atoms with Crippen molar-refractivity contribution >= 4 is 10.0 Å². The van der Waals surface area contributed by atoms with E-state index in [0.29, 0.717) is 12.1 Å². The molecule has 100 valence electrons. The third-order valence-electron chi connectivity index (χ3n) is 3.27. The van der Waals surface area contributed by atoms with E-state index in [9.17, 15) is 12.8 Å². The summed E-state index contributed by atoms with van der Waals surface area (Å²) in [4.78, 5) is -0.256. The van der Waals surface area contributed by atoms with Crippen LogP contribution in [0.2, 0.25) is 0 Å². The van der Waals surface area contributed by atoms with Crippen LogP contribution >= 0.6 is 0 Å². The summed E-state index contributed by atoms with van der Waals surface area (Å²) in [6, 6.07) is 3.95. The zero-order chi connectivity index (χ0) is 13.3. The Bertz CT molecular complexity index is 545. The highest BCUT2D eigenvalue weighted by Gasteiger charge is 2.35. The van der Waals surface area contributed by atoms with E-state index in [2.05, 4.69) is 0 Å². The number of benzene rings is 1. The first-order chi connectivity index (χ1) is 8.46. The number of halogens is 1. The monoisotopic (exact) mass is 272 g/mol. The molecule has 1 saturated heterocycles. The van der Waals surface area contributed by atoms with Gasteiger partial charge in [0.15, 0.2) is 0 Å². The summed E-state index contributed by atoms with van der Waals surface area (Å²) in [5.41, 5.74) is 6.26. The fraction of sp³-hybridized carbons (Fsp3) is 0.500. The van der Waals surface area contributed by atoms with Gasteiger partial charge in [-0.3, -0.25) is 0 Å². The summed E-state index contributed by atoms with van der Waals surface area (Å²) < 4.78 is 39.8. The van der Waals surface area contributed by atoms with Gasteiger partial charge in [-0.1, -0.05) is 6.07 Å². The maximum atomic E-state index is 13.8. The molecule has 0 unspecified atom stereocenters. The predicted octanol–water partition coefficient (Wildman–Crippen LogP) is 1.25. The molecular formula is C12H17FN2O2S. The summed E-state index contributed by atoms with van der Waals surface area (Å²) >= 11 is 0. The lowest BCUT2D eigenvalue weighted by Crippen LogP contribution is -2.40. The fourth-order valence-corrected chi connectivity index (χ4v) is 4.05. The molecule has 1 aromatic rings. The Morgan fingerprint density at radius 2 is 2.22 bits per heavy atom. The smallest absolute Gasteiger partial charge is 0.246 e. The van der Waals surface area contributed by atoms with E-state index in [-0.39, 0.29) is 17.5 Å². The normalized spacial score (nSPS) is 21.4. The Morgan fingerprint density at radius 3 is 2.83 bits per heavy atom. The third kappa shape index (κ3) is 2.28. The van der Waals surface area contributed by atoms with Gasteiger partial charge in [-0.2, -0.15) is 4.31 Å². The lowest BCUT2D eigenvalue weighted by Gasteiger charge is -2.23. The van der Waals surface area contributed by atoms with Gasteiger partial charge >= 0.3 is 0 Å². The average Bonchev–Trinajstić information content (AvgIpc) is 2.76. The van der Waals surface area contributed by atoms with Crippen LogP contribution < -0.4 is 5.73 Å². The van der Waals surface area contributed by atoms with Gasteiger partial charge in [0.05, 0.1) is 0 Å². The molecule has 0 spiro atoms. The van der Waals surface area contributed by atoms with Crippen molar-refractivity contribution in [2.75, 3.05) is 13.1 Å². The first-order valence-electron chi connectivity index (χ1n) is 5.95. The van der Waals surface area contributed by atoms with Crippen molar-refractivity contribution in [3.05, 3.63) is 29.6 Å². The topological polar surface area (TPSA) is 63.4 Å². The Hall–Kier alpha value is -0.980. The van der Waals surface area contributed by atoms with Gasteiger partial charge in [0.2, 0.25) is 10.0 Å². The highest BCUT2D eigenvalue weighted by Crippen LogP contribution is 2.27. The summed E-state index contributed by atoms with van der Waals surface area (Å²) in [6.07, 6.45) is 1.51. The second-order valence-corrected chi connectivity index (χ2v) is 6.44. The zero-order valence-corrected chi connectivity index (χ0v) is 11.1. The molecule has 1 aliphatic rings. The molecule has 0 amide bonds. The van der Waals surface area contributed by atoms with Gasteiger partial charge in [0.1, 0.15) is 10.7 Å². The maximum absolute atomic E-state index is 13.8. The van der Waals surface area contributed by atoms with Crippen LogP contribution in [0.15, 0.2) is 23.1 Å². The zero-order valence-electron chi connectivity index (χ0n) is 10.3. The van der Waals surface area contributed by atoms with Crippen molar-refractivity contribution in [3.8, 4) is 0 Å². The lowest BCUT2D eigenvalue weighted by atomic mass is 10.2. The largest absolute Gasteiger partial charge is 0.329 e. The van der Waals surface area contributed by atoms with E-state index < -0.39 is 15.8 Å². The summed E-state index contributed by atoms with van der Waals surface area (Å²) in [7, 11) is -3.77. The van der Waals surface area contributed by atoms with E-state index in [0.717, 1.165) is 12.8 Å². The van der Waals surface area contributed by atoms with Gasteiger partial charge in [-0.25, -0.2) is 12.8 Å². The molecule has 1 fully saturated rings. The predicted molar refractivity (Wildman–Crippen MR) is 67.1 cm³/mol. The third-order valence-corrected chi connectivity index (χ3v) is 5.25. The molecule has 6 heteroatoms. The van der Waals surface area contributed by atoms with E-state index in [1.807, 2.05) is 0 Å². The average molecular weight is 272 g/mol. The molecule has 0 aliphatic carbocycles. The Kier molecular flexibility index (Phi) is 3.70. The van der Waals surface area contributed by atoms with Crippen LogP contribution in [0, 0.1) is 12.7 Å². The Balaban J connectivity index is 2.42. The van der Waals surface area contributed by atoms with Crippen molar-refractivity contribution in [1.29, 1.82) is 0 Å². The number of nitrogens with two attached hydrogens (primary N) is 1. The molecule has 0 saturated carbocycles. The van der Waals surface area contributed by atoms with Crippen LogP contribution in [-0.2, 0) is 10.0 Å². The highest BCUT2D eigenvalue weighted by atomic mass is 32.2. The molecule has 18 heavy (non-hydrogen) atoms. The maximum Gasteiger partial charge on any atom is 0.246 e. The number of hydrogen-bond donors (Lipinski definition) is 1. The minimum Gasteiger partial charge on any atom is -0.329 e. The van der Waals surface area contributed by atoms with E-state index in [4.69, 9.17) is 5.73 Å². The minimum absolute atomic E-state index is 0.212. The molecule has 2 N–H and O–H groups in total. The van der Waals surface area contributed by atoms with Crippen molar-refractivity contribution < 1.29 is 12.8 Å². The number of nitrogens with zero attached hydrogens (tertiary/aromatic N) is 1. The molecule has 0 aromatic heterocycles. The van der Waals surface area contributed by atoms with Crippen LogP contribution in [-0.4, -0.2) is 31.9 Å².